The summed E-state index contributed by atoms with van der Waals surface area (Å²) in [4.78, 5) is 12.1. The van der Waals surface area contributed by atoms with Crippen molar-refractivity contribution in [3.8, 4) is 0 Å². The van der Waals surface area contributed by atoms with Crippen LogP contribution in [0.2, 0.25) is 0 Å². The average Bonchev–Trinajstić information content (AvgIpc) is 2.51. The summed E-state index contributed by atoms with van der Waals surface area (Å²) >= 11 is 0. The van der Waals surface area contributed by atoms with E-state index in [9.17, 15) is 9.00 Å². The van der Waals surface area contributed by atoms with Gasteiger partial charge in [0.1, 0.15) is 5.54 Å². The van der Waals surface area contributed by atoms with Crippen LogP contribution in [-0.4, -0.2) is 14.9 Å². The molecule has 0 bridgehead atoms. The van der Waals surface area contributed by atoms with E-state index in [0.717, 1.165) is 11.3 Å². The van der Waals surface area contributed by atoms with Crippen LogP contribution < -0.4 is 10.0 Å². The molecule has 0 aromatic heterocycles. The van der Waals surface area contributed by atoms with Crippen LogP contribution in [0.4, 0.5) is 5.69 Å². The zero-order chi connectivity index (χ0) is 13.6. The SMILES string of the molecule is CC(C)(C)S(=O)N[C@@]1(C)C(=O)Nc2ccccc21. The molecule has 0 spiro atoms. The van der Waals surface area contributed by atoms with Crippen molar-refractivity contribution >= 4 is 22.6 Å². The Morgan fingerprint density at radius 2 is 1.89 bits per heavy atom. The van der Waals surface area contributed by atoms with E-state index in [0.29, 0.717) is 0 Å². The zero-order valence-corrected chi connectivity index (χ0v) is 11.9. The van der Waals surface area contributed by atoms with Crippen LogP contribution in [-0.2, 0) is 21.3 Å². The third-order valence-corrected chi connectivity index (χ3v) is 4.73. The van der Waals surface area contributed by atoms with E-state index >= 15 is 0 Å². The summed E-state index contributed by atoms with van der Waals surface area (Å²) in [6.07, 6.45) is 0. The minimum atomic E-state index is -1.31. The van der Waals surface area contributed by atoms with E-state index in [4.69, 9.17) is 0 Å². The van der Waals surface area contributed by atoms with Crippen LogP contribution in [0.1, 0.15) is 33.3 Å². The number of anilines is 1. The molecule has 1 aromatic rings. The molecule has 2 rings (SSSR count). The van der Waals surface area contributed by atoms with Gasteiger partial charge in [-0.1, -0.05) is 18.2 Å². The predicted octanol–water partition coefficient (Wildman–Crippen LogP) is 1.91. The standard InChI is InChI=1S/C13H18N2O2S/c1-12(2,3)18(17)15-13(4)9-7-5-6-8-10(9)14-11(13)16/h5-8,15H,1-4H3,(H,14,16)/t13-,18?/m1/s1. The van der Waals surface area contributed by atoms with Crippen molar-refractivity contribution in [3.05, 3.63) is 29.8 Å². The van der Waals surface area contributed by atoms with Crippen molar-refractivity contribution in [2.24, 2.45) is 0 Å². The van der Waals surface area contributed by atoms with Gasteiger partial charge in [-0.25, -0.2) is 8.93 Å². The number of fused-ring (bicyclic) bond motifs is 1. The fourth-order valence-corrected chi connectivity index (χ4v) is 2.72. The molecule has 4 nitrogen and oxygen atoms in total. The van der Waals surface area contributed by atoms with Gasteiger partial charge in [0.15, 0.2) is 0 Å². The van der Waals surface area contributed by atoms with Crippen molar-refractivity contribution in [2.75, 3.05) is 5.32 Å². The Morgan fingerprint density at radius 3 is 2.50 bits per heavy atom. The molecule has 2 N–H and O–H groups in total. The van der Waals surface area contributed by atoms with Crippen molar-refractivity contribution in [1.29, 1.82) is 0 Å². The molecule has 98 valence electrons. The normalized spacial score (nSPS) is 24.6. The van der Waals surface area contributed by atoms with E-state index in [1.165, 1.54) is 0 Å². The van der Waals surface area contributed by atoms with Crippen LogP contribution >= 0.6 is 0 Å². The van der Waals surface area contributed by atoms with Gasteiger partial charge in [0.25, 0.3) is 0 Å². The fourth-order valence-electron chi connectivity index (χ4n) is 1.84. The largest absolute Gasteiger partial charge is 0.324 e. The number of nitrogens with one attached hydrogen (secondary N) is 2. The summed E-state index contributed by atoms with van der Waals surface area (Å²) in [5, 5.41) is 2.81. The smallest absolute Gasteiger partial charge is 0.249 e. The van der Waals surface area contributed by atoms with Gasteiger partial charge in [0.2, 0.25) is 5.91 Å². The lowest BCUT2D eigenvalue weighted by molar-refractivity contribution is -0.120. The van der Waals surface area contributed by atoms with Gasteiger partial charge in [0.05, 0.1) is 15.7 Å². The average molecular weight is 266 g/mol. The molecule has 1 amide bonds. The molecule has 5 heteroatoms. The number of para-hydroxylation sites is 1. The van der Waals surface area contributed by atoms with Crippen LogP contribution in [0.5, 0.6) is 0 Å². The van der Waals surface area contributed by atoms with E-state index in [1.54, 1.807) is 6.92 Å². The first-order valence-corrected chi connectivity index (χ1v) is 7.01. The number of carbonyl (C=O) groups is 1. The third-order valence-electron chi connectivity index (χ3n) is 3.02. The fraction of sp³-hybridized carbons (Fsp3) is 0.462. The van der Waals surface area contributed by atoms with Crippen LogP contribution in [0, 0.1) is 0 Å². The predicted molar refractivity (Wildman–Crippen MR) is 73.5 cm³/mol. The van der Waals surface area contributed by atoms with Gasteiger partial charge >= 0.3 is 0 Å². The maximum absolute atomic E-state index is 12.2. The monoisotopic (exact) mass is 266 g/mol. The van der Waals surface area contributed by atoms with Gasteiger partial charge in [-0.2, -0.15) is 0 Å². The molecule has 1 heterocycles. The molecule has 1 aliphatic heterocycles. The highest BCUT2D eigenvalue weighted by atomic mass is 32.2. The summed E-state index contributed by atoms with van der Waals surface area (Å²) in [5.41, 5.74) is 0.686. The van der Waals surface area contributed by atoms with E-state index < -0.39 is 21.3 Å². The summed E-state index contributed by atoms with van der Waals surface area (Å²) < 4.78 is 14.7. The number of hydrogen-bond donors (Lipinski definition) is 2. The van der Waals surface area contributed by atoms with E-state index in [-0.39, 0.29) is 5.91 Å². The number of rotatable bonds is 2. The Kier molecular flexibility index (Phi) is 3.07. The Morgan fingerprint density at radius 1 is 1.28 bits per heavy atom. The maximum atomic E-state index is 12.2. The summed E-state index contributed by atoms with van der Waals surface area (Å²) in [6.45, 7) is 7.38. The molecule has 0 aliphatic carbocycles. The summed E-state index contributed by atoms with van der Waals surface area (Å²) in [5.74, 6) is -0.165. The van der Waals surface area contributed by atoms with Crippen molar-refractivity contribution < 1.29 is 9.00 Å². The molecule has 0 saturated heterocycles. The van der Waals surface area contributed by atoms with E-state index in [2.05, 4.69) is 10.0 Å². The lowest BCUT2D eigenvalue weighted by atomic mass is 9.95. The summed E-state index contributed by atoms with van der Waals surface area (Å²) in [7, 11) is -1.31. The lowest BCUT2D eigenvalue weighted by Gasteiger charge is -2.28. The maximum Gasteiger partial charge on any atom is 0.249 e. The molecule has 18 heavy (non-hydrogen) atoms. The molecule has 2 atom stereocenters. The second-order valence-electron chi connectivity index (χ2n) is 5.61. The van der Waals surface area contributed by atoms with Gasteiger partial charge in [-0.3, -0.25) is 4.79 Å². The van der Waals surface area contributed by atoms with Gasteiger partial charge in [-0.15, -0.1) is 0 Å². The molecule has 1 unspecified atom stereocenters. The Bertz CT molecular complexity index is 522. The molecular weight excluding hydrogens is 248 g/mol. The van der Waals surface area contributed by atoms with Crippen LogP contribution in [0.3, 0.4) is 0 Å². The van der Waals surface area contributed by atoms with Crippen LogP contribution in [0.15, 0.2) is 24.3 Å². The Labute approximate surface area is 110 Å². The minimum absolute atomic E-state index is 0.165. The first kappa shape index (κ1) is 13.2. The molecule has 1 aromatic carbocycles. The number of hydrogen-bond acceptors (Lipinski definition) is 2. The number of benzene rings is 1. The first-order valence-electron chi connectivity index (χ1n) is 5.86. The second kappa shape index (κ2) is 4.17. The lowest BCUT2D eigenvalue weighted by Crippen LogP contribution is -2.50. The van der Waals surface area contributed by atoms with Crippen molar-refractivity contribution in [1.82, 2.24) is 4.72 Å². The van der Waals surface area contributed by atoms with Crippen molar-refractivity contribution in [2.45, 2.75) is 38.0 Å². The highest BCUT2D eigenvalue weighted by molar-refractivity contribution is 7.84. The molecule has 0 saturated carbocycles. The second-order valence-corrected chi connectivity index (χ2v) is 7.57. The quantitative estimate of drug-likeness (QED) is 0.859. The Hall–Kier alpha value is -1.20. The first-order chi connectivity index (χ1) is 8.25. The van der Waals surface area contributed by atoms with E-state index in [1.807, 2.05) is 45.0 Å². The Balaban J connectivity index is 2.37. The molecular formula is C13H18N2O2S. The van der Waals surface area contributed by atoms with Crippen molar-refractivity contribution in [3.63, 3.8) is 0 Å². The van der Waals surface area contributed by atoms with Gasteiger partial charge < -0.3 is 5.32 Å². The molecule has 0 fully saturated rings. The molecule has 1 aliphatic rings. The van der Waals surface area contributed by atoms with Gasteiger partial charge in [0, 0.05) is 11.3 Å². The van der Waals surface area contributed by atoms with Crippen LogP contribution in [0.25, 0.3) is 0 Å². The number of amides is 1. The van der Waals surface area contributed by atoms with Gasteiger partial charge in [-0.05, 0) is 33.8 Å². The molecule has 0 radical (unpaired) electrons. The highest BCUT2D eigenvalue weighted by Gasteiger charge is 2.44. The summed E-state index contributed by atoms with van der Waals surface area (Å²) in [6, 6.07) is 7.46. The highest BCUT2D eigenvalue weighted by Crippen LogP contribution is 2.36. The third kappa shape index (κ3) is 2.08. The minimum Gasteiger partial charge on any atom is -0.324 e. The number of carbonyl (C=O) groups excluding carboxylic acids is 1. The zero-order valence-electron chi connectivity index (χ0n) is 11.0. The topological polar surface area (TPSA) is 58.2 Å².